The van der Waals surface area contributed by atoms with Crippen molar-refractivity contribution in [3.63, 3.8) is 0 Å². The van der Waals surface area contributed by atoms with Crippen molar-refractivity contribution < 1.29 is 19.0 Å². The Labute approximate surface area is 87.5 Å². The molecule has 1 atom stereocenters. The van der Waals surface area contributed by atoms with Gasteiger partial charge in [0.15, 0.2) is 11.4 Å². The molecular formula is C11H13FO3. The Hall–Kier alpha value is -1.42. The molecule has 4 heteroatoms. The highest BCUT2D eigenvalue weighted by molar-refractivity contribution is 5.84. The molecular weight excluding hydrogens is 199 g/mol. The summed E-state index contributed by atoms with van der Waals surface area (Å²) in [4.78, 5) is 11.0. The number of carbonyl (C=O) groups is 1. The number of hydrogen-bond acceptors (Lipinski definition) is 3. The topological polar surface area (TPSA) is 46.5 Å². The molecule has 0 spiro atoms. The van der Waals surface area contributed by atoms with Crippen molar-refractivity contribution in [1.82, 2.24) is 0 Å². The van der Waals surface area contributed by atoms with Crippen molar-refractivity contribution in [3.8, 4) is 5.75 Å². The summed E-state index contributed by atoms with van der Waals surface area (Å²) in [5.41, 5.74) is -1.51. The molecule has 0 aliphatic rings. The first-order chi connectivity index (χ1) is 6.92. The van der Waals surface area contributed by atoms with E-state index in [1.54, 1.807) is 0 Å². The molecule has 0 fully saturated rings. The second-order valence-electron chi connectivity index (χ2n) is 3.57. The minimum absolute atomic E-state index is 0.145. The van der Waals surface area contributed by atoms with Gasteiger partial charge in [-0.3, -0.25) is 4.79 Å². The molecule has 0 radical (unpaired) electrons. The van der Waals surface area contributed by atoms with Gasteiger partial charge in [-0.1, -0.05) is 0 Å². The van der Waals surface area contributed by atoms with E-state index in [0.29, 0.717) is 5.75 Å². The molecule has 0 heterocycles. The van der Waals surface area contributed by atoms with Crippen LogP contribution in [0.2, 0.25) is 0 Å². The fraction of sp³-hybridized carbons (Fsp3) is 0.364. The minimum Gasteiger partial charge on any atom is -0.490 e. The Morgan fingerprint density at radius 1 is 1.47 bits per heavy atom. The van der Waals surface area contributed by atoms with Crippen LogP contribution < -0.4 is 4.74 Å². The van der Waals surface area contributed by atoms with Crippen LogP contribution in [0.1, 0.15) is 13.8 Å². The molecule has 1 N–H and O–H groups in total. The van der Waals surface area contributed by atoms with Gasteiger partial charge in [0.2, 0.25) is 0 Å². The Morgan fingerprint density at radius 3 is 2.47 bits per heavy atom. The number of ketones is 1. The standard InChI is InChI=1S/C11H13FO3/c1-8(13)11(2,14)7-15-10-5-3-9(12)4-6-10/h3-6,14H,7H2,1-2H3. The van der Waals surface area contributed by atoms with Gasteiger partial charge in [-0.25, -0.2) is 4.39 Å². The summed E-state index contributed by atoms with van der Waals surface area (Å²) in [5, 5.41) is 9.56. The molecule has 1 aromatic rings. The summed E-state index contributed by atoms with van der Waals surface area (Å²) in [6.07, 6.45) is 0. The molecule has 1 aromatic carbocycles. The summed E-state index contributed by atoms with van der Waals surface area (Å²) >= 11 is 0. The van der Waals surface area contributed by atoms with Crippen LogP contribution in [0.15, 0.2) is 24.3 Å². The predicted octanol–water partition coefficient (Wildman–Crippen LogP) is 1.54. The van der Waals surface area contributed by atoms with Crippen LogP contribution in [-0.2, 0) is 4.79 Å². The van der Waals surface area contributed by atoms with Crippen molar-refractivity contribution in [3.05, 3.63) is 30.1 Å². The van der Waals surface area contributed by atoms with Gasteiger partial charge in [0, 0.05) is 0 Å². The van der Waals surface area contributed by atoms with Crippen molar-refractivity contribution in [2.45, 2.75) is 19.4 Å². The third kappa shape index (κ3) is 3.32. The number of benzene rings is 1. The maximum Gasteiger partial charge on any atom is 0.164 e. The van der Waals surface area contributed by atoms with E-state index in [2.05, 4.69) is 0 Å². The van der Waals surface area contributed by atoms with Gasteiger partial charge < -0.3 is 9.84 Å². The van der Waals surface area contributed by atoms with E-state index in [-0.39, 0.29) is 18.2 Å². The molecule has 0 aromatic heterocycles. The predicted molar refractivity (Wildman–Crippen MR) is 53.2 cm³/mol. The van der Waals surface area contributed by atoms with Crippen LogP contribution in [-0.4, -0.2) is 23.1 Å². The summed E-state index contributed by atoms with van der Waals surface area (Å²) in [5.74, 6) is -0.316. The summed E-state index contributed by atoms with van der Waals surface area (Å²) in [7, 11) is 0. The van der Waals surface area contributed by atoms with Crippen LogP contribution in [0.5, 0.6) is 5.75 Å². The van der Waals surface area contributed by atoms with Crippen molar-refractivity contribution in [2.75, 3.05) is 6.61 Å². The quantitative estimate of drug-likeness (QED) is 0.823. The Balaban J connectivity index is 2.57. The fourth-order valence-corrected chi connectivity index (χ4v) is 0.856. The van der Waals surface area contributed by atoms with Gasteiger partial charge in [-0.15, -0.1) is 0 Å². The van der Waals surface area contributed by atoms with Crippen LogP contribution >= 0.6 is 0 Å². The number of carbonyl (C=O) groups excluding carboxylic acids is 1. The van der Waals surface area contributed by atoms with Gasteiger partial charge in [-0.2, -0.15) is 0 Å². The van der Waals surface area contributed by atoms with Crippen molar-refractivity contribution in [1.29, 1.82) is 0 Å². The van der Waals surface area contributed by atoms with Gasteiger partial charge in [0.25, 0.3) is 0 Å². The maximum atomic E-state index is 12.5. The Morgan fingerprint density at radius 2 is 2.00 bits per heavy atom. The number of Topliss-reactive ketones (excluding diaryl/α,β-unsaturated/α-hetero) is 1. The van der Waals surface area contributed by atoms with E-state index in [1.165, 1.54) is 38.1 Å². The number of rotatable bonds is 4. The lowest BCUT2D eigenvalue weighted by Gasteiger charge is -2.19. The molecule has 82 valence electrons. The molecule has 15 heavy (non-hydrogen) atoms. The molecule has 0 saturated carbocycles. The van der Waals surface area contributed by atoms with Gasteiger partial charge in [-0.05, 0) is 38.1 Å². The van der Waals surface area contributed by atoms with Gasteiger partial charge in [0.1, 0.15) is 18.2 Å². The highest BCUT2D eigenvalue weighted by atomic mass is 19.1. The molecule has 0 aliphatic heterocycles. The summed E-state index contributed by atoms with van der Waals surface area (Å²) in [6.45, 7) is 2.51. The van der Waals surface area contributed by atoms with Gasteiger partial charge >= 0.3 is 0 Å². The number of hydrogen-bond donors (Lipinski definition) is 1. The maximum absolute atomic E-state index is 12.5. The first-order valence-corrected chi connectivity index (χ1v) is 4.53. The average molecular weight is 212 g/mol. The van der Waals surface area contributed by atoms with Crippen molar-refractivity contribution >= 4 is 5.78 Å². The molecule has 1 rings (SSSR count). The molecule has 1 unspecified atom stereocenters. The number of halogens is 1. The van der Waals surface area contributed by atoms with E-state index in [9.17, 15) is 14.3 Å². The van der Waals surface area contributed by atoms with E-state index in [1.807, 2.05) is 0 Å². The van der Waals surface area contributed by atoms with E-state index >= 15 is 0 Å². The third-order valence-electron chi connectivity index (χ3n) is 2.09. The molecule has 0 bridgehead atoms. The first-order valence-electron chi connectivity index (χ1n) is 4.53. The minimum atomic E-state index is -1.51. The lowest BCUT2D eigenvalue weighted by atomic mass is 10.0. The van der Waals surface area contributed by atoms with Gasteiger partial charge in [0.05, 0.1) is 0 Å². The smallest absolute Gasteiger partial charge is 0.164 e. The Kier molecular flexibility index (Phi) is 3.42. The zero-order valence-electron chi connectivity index (χ0n) is 8.66. The van der Waals surface area contributed by atoms with Crippen LogP contribution in [0, 0.1) is 5.82 Å². The van der Waals surface area contributed by atoms with Crippen molar-refractivity contribution in [2.24, 2.45) is 0 Å². The fourth-order valence-electron chi connectivity index (χ4n) is 0.856. The second kappa shape index (κ2) is 4.40. The zero-order chi connectivity index (χ0) is 11.5. The lowest BCUT2D eigenvalue weighted by Crippen LogP contribution is -2.39. The van der Waals surface area contributed by atoms with Crippen LogP contribution in [0.4, 0.5) is 4.39 Å². The van der Waals surface area contributed by atoms with Crippen LogP contribution in [0.3, 0.4) is 0 Å². The molecule has 3 nitrogen and oxygen atoms in total. The van der Waals surface area contributed by atoms with E-state index in [0.717, 1.165) is 0 Å². The normalized spacial score (nSPS) is 14.4. The first kappa shape index (κ1) is 11.7. The lowest BCUT2D eigenvalue weighted by molar-refractivity contribution is -0.136. The highest BCUT2D eigenvalue weighted by Crippen LogP contribution is 2.14. The SMILES string of the molecule is CC(=O)C(C)(O)COc1ccc(F)cc1. The van der Waals surface area contributed by atoms with E-state index in [4.69, 9.17) is 4.74 Å². The molecule has 0 saturated heterocycles. The molecule has 0 aliphatic carbocycles. The third-order valence-corrected chi connectivity index (χ3v) is 2.09. The number of aliphatic hydroxyl groups is 1. The average Bonchev–Trinajstić information content (AvgIpc) is 2.17. The monoisotopic (exact) mass is 212 g/mol. The highest BCUT2D eigenvalue weighted by Gasteiger charge is 2.27. The van der Waals surface area contributed by atoms with E-state index < -0.39 is 5.60 Å². The second-order valence-corrected chi connectivity index (χ2v) is 3.57. The Bertz CT molecular complexity index is 343. The zero-order valence-corrected chi connectivity index (χ0v) is 8.66. The largest absolute Gasteiger partial charge is 0.490 e. The summed E-state index contributed by atoms with van der Waals surface area (Å²) < 4.78 is 17.7. The van der Waals surface area contributed by atoms with Crippen LogP contribution in [0.25, 0.3) is 0 Å². The molecule has 0 amide bonds. The number of ether oxygens (including phenoxy) is 1. The summed E-state index contributed by atoms with van der Waals surface area (Å²) in [6, 6.07) is 5.37.